The van der Waals surface area contributed by atoms with Crippen LogP contribution >= 0.6 is 11.8 Å². The van der Waals surface area contributed by atoms with Crippen LogP contribution in [-0.4, -0.2) is 70.1 Å². The Morgan fingerprint density at radius 2 is 1.88 bits per heavy atom. The number of benzene rings is 1. The molecule has 3 unspecified atom stereocenters. The van der Waals surface area contributed by atoms with Gasteiger partial charge in [-0.05, 0) is 38.8 Å². The van der Waals surface area contributed by atoms with E-state index in [4.69, 9.17) is 9.15 Å². The lowest BCUT2D eigenvalue weighted by Gasteiger charge is -2.38. The Morgan fingerprint density at radius 1 is 1.12 bits per heavy atom. The number of carbonyl (C=O) groups excluding carboxylic acids is 1. The fourth-order valence-corrected chi connectivity index (χ4v) is 5.90. The van der Waals surface area contributed by atoms with Gasteiger partial charge in [0.05, 0.1) is 12.2 Å². The zero-order chi connectivity index (χ0) is 22.8. The lowest BCUT2D eigenvalue weighted by Crippen LogP contribution is -2.51. The number of nitrogens with zero attached hydrogens (tertiary/aromatic N) is 4. The molecule has 8 heteroatoms. The Hall–Kier alpha value is -2.42. The number of carbonyl (C=O) groups is 1. The molecule has 2 aliphatic rings. The van der Waals surface area contributed by atoms with Gasteiger partial charge < -0.3 is 14.1 Å². The van der Waals surface area contributed by atoms with Crippen molar-refractivity contribution in [3.05, 3.63) is 54.0 Å². The summed E-state index contributed by atoms with van der Waals surface area (Å²) in [5.41, 5.74) is 1.67. The third-order valence-electron chi connectivity index (χ3n) is 6.38. The maximum atomic E-state index is 13.8. The number of furan rings is 1. The number of rotatable bonds is 6. The number of aromatic nitrogens is 2. The summed E-state index contributed by atoms with van der Waals surface area (Å²) in [5, 5.41) is 1.67. The third kappa shape index (κ3) is 4.93. The van der Waals surface area contributed by atoms with Crippen molar-refractivity contribution in [1.82, 2.24) is 19.8 Å². The summed E-state index contributed by atoms with van der Waals surface area (Å²) in [5.74, 6) is 1.03. The van der Waals surface area contributed by atoms with Gasteiger partial charge in [-0.25, -0.2) is 9.97 Å². The second kappa shape index (κ2) is 9.83. The van der Waals surface area contributed by atoms with Gasteiger partial charge in [0.2, 0.25) is 0 Å². The first-order valence-corrected chi connectivity index (χ1v) is 12.7. The largest absolute Gasteiger partial charge is 0.451 e. The molecule has 2 fully saturated rings. The van der Waals surface area contributed by atoms with Crippen molar-refractivity contribution in [1.29, 1.82) is 0 Å². The van der Waals surface area contributed by atoms with Gasteiger partial charge in [-0.2, -0.15) is 0 Å². The monoisotopic (exact) mass is 466 g/mol. The first-order chi connectivity index (χ1) is 16.1. The molecule has 0 bridgehead atoms. The van der Waals surface area contributed by atoms with Crippen molar-refractivity contribution in [2.45, 2.75) is 55.8 Å². The molecule has 3 atom stereocenters. The number of likely N-dealkylation sites (tertiary alicyclic amines) is 1. The number of hydrogen-bond acceptors (Lipinski definition) is 7. The number of amides is 1. The molecule has 2 saturated heterocycles. The van der Waals surface area contributed by atoms with E-state index in [2.05, 4.69) is 28.7 Å². The third-order valence-corrected chi connectivity index (χ3v) is 7.28. The van der Waals surface area contributed by atoms with Crippen molar-refractivity contribution in [3.63, 3.8) is 0 Å². The highest BCUT2D eigenvalue weighted by Crippen LogP contribution is 2.33. The van der Waals surface area contributed by atoms with E-state index in [1.807, 2.05) is 29.2 Å². The van der Waals surface area contributed by atoms with Crippen LogP contribution in [0.4, 0.5) is 0 Å². The summed E-state index contributed by atoms with van der Waals surface area (Å²) in [6.07, 6.45) is 5.95. The van der Waals surface area contributed by atoms with Gasteiger partial charge in [-0.15, -0.1) is 0 Å². The second-order valence-corrected chi connectivity index (χ2v) is 9.94. The van der Waals surface area contributed by atoms with E-state index in [9.17, 15) is 4.79 Å². The SMILES string of the molecule is CC1CN(CC2CCCN2C(=O)c2oc3ccccc3c2CSc2ncccn2)CC(C)O1. The fourth-order valence-electron chi connectivity index (χ4n) is 5.07. The average Bonchev–Trinajstić information content (AvgIpc) is 3.42. The Morgan fingerprint density at radius 3 is 2.67 bits per heavy atom. The molecule has 0 spiro atoms. The minimum absolute atomic E-state index is 0.00682. The highest BCUT2D eigenvalue weighted by atomic mass is 32.2. The zero-order valence-corrected chi connectivity index (χ0v) is 20.0. The molecule has 4 heterocycles. The van der Waals surface area contributed by atoms with Crippen molar-refractivity contribution in [3.8, 4) is 0 Å². The average molecular weight is 467 g/mol. The summed E-state index contributed by atoms with van der Waals surface area (Å²) in [4.78, 5) is 26.9. The summed E-state index contributed by atoms with van der Waals surface area (Å²) in [7, 11) is 0. The topological polar surface area (TPSA) is 71.7 Å². The minimum Gasteiger partial charge on any atom is -0.451 e. The number of ether oxygens (including phenoxy) is 1. The van der Waals surface area contributed by atoms with E-state index in [0.29, 0.717) is 16.7 Å². The zero-order valence-electron chi connectivity index (χ0n) is 19.1. The quantitative estimate of drug-likeness (QED) is 0.398. The van der Waals surface area contributed by atoms with Crippen molar-refractivity contribution in [2.75, 3.05) is 26.2 Å². The normalized spacial score (nSPS) is 23.9. The van der Waals surface area contributed by atoms with Crippen LogP contribution in [-0.2, 0) is 10.5 Å². The lowest BCUT2D eigenvalue weighted by atomic mass is 10.1. The van der Waals surface area contributed by atoms with Gasteiger partial charge in [-0.1, -0.05) is 30.0 Å². The van der Waals surface area contributed by atoms with Gasteiger partial charge in [0.25, 0.3) is 5.91 Å². The number of morpholine rings is 1. The summed E-state index contributed by atoms with van der Waals surface area (Å²) in [6, 6.07) is 9.87. The smallest absolute Gasteiger partial charge is 0.290 e. The van der Waals surface area contributed by atoms with Crippen LogP contribution in [0.15, 0.2) is 52.3 Å². The molecule has 5 rings (SSSR count). The van der Waals surface area contributed by atoms with Crippen LogP contribution in [0.5, 0.6) is 0 Å². The van der Waals surface area contributed by atoms with Gasteiger partial charge in [0.15, 0.2) is 10.9 Å². The molecule has 0 aliphatic carbocycles. The molecule has 7 nitrogen and oxygen atoms in total. The standard InChI is InChI=1S/C25H30N4O3S/c1-17-13-28(14-18(2)31-17)15-19-7-5-12-29(19)24(30)23-21(16-33-25-26-10-6-11-27-25)20-8-3-4-9-22(20)32-23/h3-4,6,8-11,17-19H,5,7,12-16H2,1-2H3. The molecule has 0 saturated carbocycles. The molecule has 0 N–H and O–H groups in total. The fraction of sp³-hybridized carbons (Fsp3) is 0.480. The number of para-hydroxylation sites is 1. The number of thioether (sulfide) groups is 1. The Balaban J connectivity index is 1.38. The van der Waals surface area contributed by atoms with Crippen LogP contribution in [0.25, 0.3) is 11.0 Å². The maximum Gasteiger partial charge on any atom is 0.290 e. The molecule has 1 amide bonds. The molecule has 0 radical (unpaired) electrons. The molecular formula is C25H30N4O3S. The minimum atomic E-state index is -0.00682. The highest BCUT2D eigenvalue weighted by Gasteiger charge is 2.35. The molecule has 174 valence electrons. The van der Waals surface area contributed by atoms with Crippen LogP contribution in [0, 0.1) is 0 Å². The molecular weight excluding hydrogens is 436 g/mol. The van der Waals surface area contributed by atoms with Gasteiger partial charge in [-0.3, -0.25) is 9.69 Å². The van der Waals surface area contributed by atoms with Gasteiger partial charge in [0, 0.05) is 61.3 Å². The molecule has 3 aromatic rings. The summed E-state index contributed by atoms with van der Waals surface area (Å²) >= 11 is 1.52. The lowest BCUT2D eigenvalue weighted by molar-refractivity contribution is -0.0715. The van der Waals surface area contributed by atoms with Crippen LogP contribution in [0.1, 0.15) is 42.8 Å². The van der Waals surface area contributed by atoms with E-state index in [0.717, 1.165) is 55.6 Å². The van der Waals surface area contributed by atoms with Crippen LogP contribution < -0.4 is 0 Å². The van der Waals surface area contributed by atoms with Crippen molar-refractivity contribution < 1.29 is 13.9 Å². The molecule has 1 aromatic carbocycles. The molecule has 33 heavy (non-hydrogen) atoms. The van der Waals surface area contributed by atoms with E-state index in [1.54, 1.807) is 18.5 Å². The first-order valence-electron chi connectivity index (χ1n) is 11.7. The Kier molecular flexibility index (Phi) is 6.66. The van der Waals surface area contributed by atoms with Crippen LogP contribution in [0.3, 0.4) is 0 Å². The van der Waals surface area contributed by atoms with E-state index in [1.165, 1.54) is 11.8 Å². The van der Waals surface area contributed by atoms with Gasteiger partial charge in [0.1, 0.15) is 5.58 Å². The van der Waals surface area contributed by atoms with E-state index >= 15 is 0 Å². The predicted molar refractivity (Wildman–Crippen MR) is 128 cm³/mol. The summed E-state index contributed by atoms with van der Waals surface area (Å²) in [6.45, 7) is 7.71. The number of fused-ring (bicyclic) bond motifs is 1. The van der Waals surface area contributed by atoms with E-state index < -0.39 is 0 Å². The van der Waals surface area contributed by atoms with Crippen molar-refractivity contribution >= 4 is 28.6 Å². The summed E-state index contributed by atoms with van der Waals surface area (Å²) < 4.78 is 12.0. The van der Waals surface area contributed by atoms with Crippen LogP contribution in [0.2, 0.25) is 0 Å². The second-order valence-electron chi connectivity index (χ2n) is 9.00. The highest BCUT2D eigenvalue weighted by molar-refractivity contribution is 7.98. The van der Waals surface area contributed by atoms with E-state index in [-0.39, 0.29) is 24.2 Å². The maximum absolute atomic E-state index is 13.8. The Bertz CT molecular complexity index is 1100. The molecule has 2 aromatic heterocycles. The molecule has 2 aliphatic heterocycles. The Labute approximate surface area is 198 Å². The number of hydrogen-bond donors (Lipinski definition) is 0. The van der Waals surface area contributed by atoms with Crippen molar-refractivity contribution in [2.24, 2.45) is 0 Å². The predicted octanol–water partition coefficient (Wildman–Crippen LogP) is 4.23. The van der Waals surface area contributed by atoms with Gasteiger partial charge >= 0.3 is 0 Å². The first kappa shape index (κ1) is 22.4.